The first kappa shape index (κ1) is 16.2. The van der Waals surface area contributed by atoms with E-state index >= 15 is 0 Å². The first-order valence-corrected chi connectivity index (χ1v) is 7.03. The van der Waals surface area contributed by atoms with Crippen molar-refractivity contribution in [3.05, 3.63) is 35.4 Å². The van der Waals surface area contributed by atoms with Crippen molar-refractivity contribution in [2.24, 2.45) is 17.6 Å². The van der Waals surface area contributed by atoms with Crippen molar-refractivity contribution in [3.8, 4) is 0 Å². The molecule has 2 N–H and O–H groups in total. The third-order valence-corrected chi connectivity index (χ3v) is 4.18. The minimum atomic E-state index is -4.19. The SMILES string of the molecule is NC(Cc1cc(F)cc(F)c1)C1CCCC(C(F)(F)F)C1. The highest BCUT2D eigenvalue weighted by Crippen LogP contribution is 2.41. The summed E-state index contributed by atoms with van der Waals surface area (Å²) in [5.74, 6) is -2.98. The Labute approximate surface area is 120 Å². The molecule has 1 nitrogen and oxygen atoms in total. The Hall–Kier alpha value is -1.17. The summed E-state index contributed by atoms with van der Waals surface area (Å²) in [4.78, 5) is 0. The van der Waals surface area contributed by atoms with Crippen molar-refractivity contribution >= 4 is 0 Å². The number of alkyl halides is 3. The van der Waals surface area contributed by atoms with E-state index in [9.17, 15) is 22.0 Å². The first-order chi connectivity index (χ1) is 9.75. The molecule has 21 heavy (non-hydrogen) atoms. The Kier molecular flexibility index (Phi) is 4.86. The van der Waals surface area contributed by atoms with Crippen LogP contribution in [-0.2, 0) is 6.42 Å². The van der Waals surface area contributed by atoms with Gasteiger partial charge in [-0.1, -0.05) is 6.42 Å². The van der Waals surface area contributed by atoms with Crippen LogP contribution in [0.4, 0.5) is 22.0 Å². The standard InChI is InChI=1S/C15H18F5N/c16-12-4-9(5-13(17)8-12)6-14(21)10-2-1-3-11(7-10)15(18,19)20/h4-5,8,10-11,14H,1-3,6-7,21H2. The van der Waals surface area contributed by atoms with E-state index in [0.29, 0.717) is 18.4 Å². The van der Waals surface area contributed by atoms with Gasteiger partial charge in [-0.05, 0) is 49.3 Å². The highest BCUT2D eigenvalue weighted by Gasteiger charge is 2.43. The molecule has 0 amide bonds. The van der Waals surface area contributed by atoms with Crippen LogP contribution >= 0.6 is 0 Å². The van der Waals surface area contributed by atoms with E-state index < -0.39 is 29.8 Å². The van der Waals surface area contributed by atoms with E-state index in [1.807, 2.05) is 0 Å². The lowest BCUT2D eigenvalue weighted by Crippen LogP contribution is -2.38. The molecule has 0 radical (unpaired) electrons. The number of benzene rings is 1. The summed E-state index contributed by atoms with van der Waals surface area (Å²) in [6, 6.07) is 2.59. The second kappa shape index (κ2) is 6.30. The van der Waals surface area contributed by atoms with Gasteiger partial charge in [0.25, 0.3) is 0 Å². The number of hydrogen-bond acceptors (Lipinski definition) is 1. The topological polar surface area (TPSA) is 26.0 Å². The summed E-state index contributed by atoms with van der Waals surface area (Å²) in [5.41, 5.74) is 6.36. The van der Waals surface area contributed by atoms with E-state index in [0.717, 1.165) is 6.07 Å². The zero-order chi connectivity index (χ0) is 15.6. The molecular weight excluding hydrogens is 289 g/mol. The Morgan fingerprint density at radius 1 is 1.10 bits per heavy atom. The van der Waals surface area contributed by atoms with Gasteiger partial charge in [-0.2, -0.15) is 13.2 Å². The van der Waals surface area contributed by atoms with Crippen molar-refractivity contribution < 1.29 is 22.0 Å². The van der Waals surface area contributed by atoms with E-state index in [1.54, 1.807) is 0 Å². The van der Waals surface area contributed by atoms with Crippen molar-refractivity contribution in [2.75, 3.05) is 0 Å². The minimum absolute atomic E-state index is 0.00244. The second-order valence-corrected chi connectivity index (χ2v) is 5.81. The van der Waals surface area contributed by atoms with Crippen LogP contribution in [0.1, 0.15) is 31.2 Å². The maximum absolute atomic E-state index is 13.1. The molecule has 1 aromatic rings. The zero-order valence-electron chi connectivity index (χ0n) is 11.5. The van der Waals surface area contributed by atoms with Crippen LogP contribution in [0.3, 0.4) is 0 Å². The largest absolute Gasteiger partial charge is 0.391 e. The molecule has 0 spiro atoms. The van der Waals surface area contributed by atoms with Crippen LogP contribution in [0, 0.1) is 23.5 Å². The summed E-state index contributed by atoms with van der Waals surface area (Å²) < 4.78 is 64.5. The van der Waals surface area contributed by atoms with Crippen LogP contribution in [0.2, 0.25) is 0 Å². The van der Waals surface area contributed by atoms with Crippen molar-refractivity contribution in [1.29, 1.82) is 0 Å². The van der Waals surface area contributed by atoms with Gasteiger partial charge in [0.2, 0.25) is 0 Å². The molecule has 0 heterocycles. The average molecular weight is 307 g/mol. The van der Waals surface area contributed by atoms with E-state index in [4.69, 9.17) is 5.73 Å². The molecule has 1 saturated carbocycles. The number of halogens is 5. The molecule has 1 fully saturated rings. The van der Waals surface area contributed by atoms with Gasteiger partial charge >= 0.3 is 6.18 Å². The minimum Gasteiger partial charge on any atom is -0.327 e. The van der Waals surface area contributed by atoms with Crippen LogP contribution in [0.25, 0.3) is 0 Å². The fraction of sp³-hybridized carbons (Fsp3) is 0.600. The molecule has 6 heteroatoms. The van der Waals surface area contributed by atoms with Gasteiger partial charge in [0.05, 0.1) is 5.92 Å². The molecule has 1 aliphatic carbocycles. The first-order valence-electron chi connectivity index (χ1n) is 7.03. The van der Waals surface area contributed by atoms with Gasteiger partial charge in [-0.15, -0.1) is 0 Å². The molecule has 0 aromatic heterocycles. The van der Waals surface area contributed by atoms with E-state index in [-0.39, 0.29) is 25.2 Å². The van der Waals surface area contributed by atoms with Gasteiger partial charge in [-0.25, -0.2) is 8.78 Å². The van der Waals surface area contributed by atoms with Crippen LogP contribution in [0.15, 0.2) is 18.2 Å². The lowest BCUT2D eigenvalue weighted by Gasteiger charge is -2.33. The molecule has 118 valence electrons. The predicted octanol–water partition coefficient (Wildman–Crippen LogP) is 4.20. The van der Waals surface area contributed by atoms with Gasteiger partial charge < -0.3 is 5.73 Å². The lowest BCUT2D eigenvalue weighted by atomic mass is 9.76. The highest BCUT2D eigenvalue weighted by atomic mass is 19.4. The summed E-state index contributed by atoms with van der Waals surface area (Å²) in [6.45, 7) is 0. The summed E-state index contributed by atoms with van der Waals surface area (Å²) in [7, 11) is 0. The smallest absolute Gasteiger partial charge is 0.327 e. The van der Waals surface area contributed by atoms with Gasteiger partial charge in [0.15, 0.2) is 0 Å². The predicted molar refractivity (Wildman–Crippen MR) is 69.5 cm³/mol. The Balaban J connectivity index is 2.01. The molecule has 1 aromatic carbocycles. The molecule has 0 aliphatic heterocycles. The maximum atomic E-state index is 13.1. The molecule has 3 atom stereocenters. The second-order valence-electron chi connectivity index (χ2n) is 5.81. The molecule has 1 aliphatic rings. The van der Waals surface area contributed by atoms with Crippen molar-refractivity contribution in [3.63, 3.8) is 0 Å². The Morgan fingerprint density at radius 3 is 2.29 bits per heavy atom. The molecule has 0 bridgehead atoms. The van der Waals surface area contributed by atoms with Crippen LogP contribution in [0.5, 0.6) is 0 Å². The number of rotatable bonds is 3. The quantitative estimate of drug-likeness (QED) is 0.832. The molecule has 0 saturated heterocycles. The summed E-state index contributed by atoms with van der Waals surface area (Å²) in [6.07, 6.45) is -2.75. The normalized spacial score (nSPS) is 24.9. The van der Waals surface area contributed by atoms with Gasteiger partial charge in [0, 0.05) is 12.1 Å². The molecule has 2 rings (SSSR count). The van der Waals surface area contributed by atoms with Gasteiger partial charge in [-0.3, -0.25) is 0 Å². The summed E-state index contributed by atoms with van der Waals surface area (Å²) >= 11 is 0. The Bertz CT molecular complexity index is 465. The van der Waals surface area contributed by atoms with E-state index in [2.05, 4.69) is 0 Å². The zero-order valence-corrected chi connectivity index (χ0v) is 11.5. The fourth-order valence-corrected chi connectivity index (χ4v) is 3.08. The number of nitrogens with two attached hydrogens (primary N) is 1. The molecule has 3 unspecified atom stereocenters. The summed E-state index contributed by atoms with van der Waals surface area (Å²) in [5, 5.41) is 0. The third kappa shape index (κ3) is 4.40. The van der Waals surface area contributed by atoms with E-state index in [1.165, 1.54) is 12.1 Å². The number of hydrogen-bond donors (Lipinski definition) is 1. The molecular formula is C15H18F5N. The van der Waals surface area contributed by atoms with Gasteiger partial charge in [0.1, 0.15) is 11.6 Å². The maximum Gasteiger partial charge on any atom is 0.391 e. The van der Waals surface area contributed by atoms with Crippen LogP contribution < -0.4 is 5.73 Å². The monoisotopic (exact) mass is 307 g/mol. The highest BCUT2D eigenvalue weighted by molar-refractivity contribution is 5.19. The average Bonchev–Trinajstić information content (AvgIpc) is 2.36. The van der Waals surface area contributed by atoms with Crippen molar-refractivity contribution in [1.82, 2.24) is 0 Å². The van der Waals surface area contributed by atoms with Crippen LogP contribution in [-0.4, -0.2) is 12.2 Å². The third-order valence-electron chi connectivity index (χ3n) is 4.18. The Morgan fingerprint density at radius 2 is 1.71 bits per heavy atom. The lowest BCUT2D eigenvalue weighted by molar-refractivity contribution is -0.186. The fourth-order valence-electron chi connectivity index (χ4n) is 3.08. The van der Waals surface area contributed by atoms with Crippen molar-refractivity contribution in [2.45, 2.75) is 44.3 Å².